The SMILES string of the molecule is CCOC(=O)Cc1c(C)[nH]c(C(=O)OCC)c1I. The molecule has 0 unspecified atom stereocenters. The Morgan fingerprint density at radius 2 is 1.83 bits per heavy atom. The van der Waals surface area contributed by atoms with Crippen LogP contribution in [0.2, 0.25) is 0 Å². The molecule has 0 atom stereocenters. The molecule has 18 heavy (non-hydrogen) atoms. The Balaban J connectivity index is 2.94. The van der Waals surface area contributed by atoms with E-state index < -0.39 is 5.97 Å². The third-order valence-electron chi connectivity index (χ3n) is 2.36. The van der Waals surface area contributed by atoms with Gasteiger partial charge >= 0.3 is 11.9 Å². The molecule has 0 spiro atoms. The van der Waals surface area contributed by atoms with Gasteiger partial charge in [-0.05, 0) is 48.9 Å². The van der Waals surface area contributed by atoms with Crippen molar-refractivity contribution >= 4 is 34.5 Å². The van der Waals surface area contributed by atoms with E-state index in [1.54, 1.807) is 13.8 Å². The molecular formula is C12H16INO4. The maximum atomic E-state index is 11.7. The number of carbonyl (C=O) groups excluding carboxylic acids is 2. The van der Waals surface area contributed by atoms with Gasteiger partial charge in [-0.15, -0.1) is 0 Å². The molecule has 0 aliphatic rings. The Hall–Kier alpha value is -1.05. The Bertz CT molecular complexity index is 453. The normalized spacial score (nSPS) is 10.2. The van der Waals surface area contributed by atoms with Gasteiger partial charge in [0.25, 0.3) is 0 Å². The molecule has 0 saturated heterocycles. The number of aromatic nitrogens is 1. The molecule has 0 bridgehead atoms. The lowest BCUT2D eigenvalue weighted by atomic mass is 10.2. The van der Waals surface area contributed by atoms with Crippen molar-refractivity contribution in [1.82, 2.24) is 4.98 Å². The molecule has 0 aliphatic heterocycles. The number of aromatic amines is 1. The zero-order valence-corrected chi connectivity index (χ0v) is 12.8. The van der Waals surface area contributed by atoms with Crippen molar-refractivity contribution in [1.29, 1.82) is 0 Å². The molecule has 1 aromatic heterocycles. The first-order valence-corrected chi connectivity index (χ1v) is 6.78. The van der Waals surface area contributed by atoms with E-state index in [-0.39, 0.29) is 12.4 Å². The number of halogens is 1. The van der Waals surface area contributed by atoms with Gasteiger partial charge in [0.05, 0.1) is 19.6 Å². The van der Waals surface area contributed by atoms with E-state index in [4.69, 9.17) is 9.47 Å². The van der Waals surface area contributed by atoms with Gasteiger partial charge in [-0.2, -0.15) is 0 Å². The van der Waals surface area contributed by atoms with Crippen LogP contribution in [0.5, 0.6) is 0 Å². The topological polar surface area (TPSA) is 68.4 Å². The predicted octanol–water partition coefficient (Wildman–Crippen LogP) is 2.21. The van der Waals surface area contributed by atoms with Crippen LogP contribution in [0.4, 0.5) is 0 Å². The minimum atomic E-state index is -0.403. The van der Waals surface area contributed by atoms with E-state index in [2.05, 4.69) is 4.98 Å². The maximum Gasteiger partial charge on any atom is 0.355 e. The van der Waals surface area contributed by atoms with E-state index in [1.807, 2.05) is 29.5 Å². The number of aryl methyl sites for hydroxylation is 1. The van der Waals surface area contributed by atoms with Crippen molar-refractivity contribution in [3.8, 4) is 0 Å². The molecule has 1 heterocycles. The zero-order valence-electron chi connectivity index (χ0n) is 10.6. The van der Waals surface area contributed by atoms with Gasteiger partial charge in [0, 0.05) is 9.26 Å². The summed E-state index contributed by atoms with van der Waals surface area (Å²) < 4.78 is 10.6. The van der Waals surface area contributed by atoms with Crippen LogP contribution in [0.1, 0.15) is 35.6 Å². The predicted molar refractivity (Wildman–Crippen MR) is 74.5 cm³/mol. The Morgan fingerprint density at radius 1 is 1.22 bits per heavy atom. The molecule has 0 saturated carbocycles. The first-order chi connectivity index (χ1) is 8.51. The number of H-pyrrole nitrogens is 1. The number of esters is 2. The van der Waals surface area contributed by atoms with Gasteiger partial charge in [0.15, 0.2) is 0 Å². The summed E-state index contributed by atoms with van der Waals surface area (Å²) in [6.45, 7) is 6.00. The van der Waals surface area contributed by atoms with Gasteiger partial charge in [-0.3, -0.25) is 4.79 Å². The van der Waals surface area contributed by atoms with Crippen LogP contribution in [0.15, 0.2) is 0 Å². The van der Waals surface area contributed by atoms with Gasteiger partial charge in [-0.1, -0.05) is 0 Å². The monoisotopic (exact) mass is 365 g/mol. The van der Waals surface area contributed by atoms with E-state index in [0.29, 0.717) is 18.9 Å². The molecule has 1 aromatic rings. The fourth-order valence-electron chi connectivity index (χ4n) is 1.54. The van der Waals surface area contributed by atoms with Crippen LogP contribution < -0.4 is 0 Å². The van der Waals surface area contributed by atoms with Crippen LogP contribution in [0.25, 0.3) is 0 Å². The fraction of sp³-hybridized carbons (Fsp3) is 0.500. The molecule has 0 aromatic carbocycles. The largest absolute Gasteiger partial charge is 0.466 e. The van der Waals surface area contributed by atoms with Gasteiger partial charge in [0.2, 0.25) is 0 Å². The van der Waals surface area contributed by atoms with Crippen molar-refractivity contribution in [2.75, 3.05) is 13.2 Å². The number of nitrogens with one attached hydrogen (secondary N) is 1. The molecule has 1 rings (SSSR count). The molecule has 1 N–H and O–H groups in total. The van der Waals surface area contributed by atoms with Crippen molar-refractivity contribution in [3.05, 3.63) is 20.5 Å². The molecule has 100 valence electrons. The second kappa shape index (κ2) is 6.77. The quantitative estimate of drug-likeness (QED) is 0.642. The molecule has 0 amide bonds. The maximum absolute atomic E-state index is 11.7. The summed E-state index contributed by atoms with van der Waals surface area (Å²) in [6.07, 6.45) is 0.161. The first-order valence-electron chi connectivity index (χ1n) is 5.70. The van der Waals surface area contributed by atoms with Crippen LogP contribution in [-0.4, -0.2) is 30.1 Å². The lowest BCUT2D eigenvalue weighted by Crippen LogP contribution is -2.09. The minimum absolute atomic E-state index is 0.161. The van der Waals surface area contributed by atoms with Crippen LogP contribution >= 0.6 is 22.6 Å². The van der Waals surface area contributed by atoms with E-state index in [1.165, 1.54) is 0 Å². The summed E-state index contributed by atoms with van der Waals surface area (Å²) in [5.41, 5.74) is 1.97. The third kappa shape index (κ3) is 3.47. The first kappa shape index (κ1) is 15.0. The summed E-state index contributed by atoms with van der Waals surface area (Å²) in [5, 5.41) is 0. The van der Waals surface area contributed by atoms with Crippen molar-refractivity contribution < 1.29 is 19.1 Å². The molecule has 0 radical (unpaired) electrons. The lowest BCUT2D eigenvalue weighted by Gasteiger charge is -2.02. The summed E-state index contributed by atoms with van der Waals surface area (Å²) in [5.74, 6) is -0.701. The van der Waals surface area contributed by atoms with Crippen LogP contribution in [-0.2, 0) is 20.7 Å². The molecule has 0 aliphatic carbocycles. The molecule has 6 heteroatoms. The smallest absolute Gasteiger partial charge is 0.355 e. The summed E-state index contributed by atoms with van der Waals surface area (Å²) >= 11 is 2.04. The van der Waals surface area contributed by atoms with Gasteiger partial charge < -0.3 is 14.5 Å². The number of ether oxygens (including phenoxy) is 2. The zero-order chi connectivity index (χ0) is 13.7. The number of carbonyl (C=O) groups is 2. The Kier molecular flexibility index (Phi) is 5.64. The second-order valence-corrected chi connectivity index (χ2v) is 4.70. The summed E-state index contributed by atoms with van der Waals surface area (Å²) in [6, 6.07) is 0. The van der Waals surface area contributed by atoms with E-state index in [0.717, 1.165) is 14.8 Å². The third-order valence-corrected chi connectivity index (χ3v) is 3.55. The van der Waals surface area contributed by atoms with E-state index >= 15 is 0 Å². The van der Waals surface area contributed by atoms with Crippen LogP contribution in [0.3, 0.4) is 0 Å². The van der Waals surface area contributed by atoms with Crippen molar-refractivity contribution in [3.63, 3.8) is 0 Å². The summed E-state index contributed by atoms with van der Waals surface area (Å²) in [4.78, 5) is 26.1. The highest BCUT2D eigenvalue weighted by molar-refractivity contribution is 14.1. The lowest BCUT2D eigenvalue weighted by molar-refractivity contribution is -0.142. The number of rotatable bonds is 5. The highest BCUT2D eigenvalue weighted by Gasteiger charge is 2.21. The number of hydrogen-bond donors (Lipinski definition) is 1. The summed E-state index contributed by atoms with van der Waals surface area (Å²) in [7, 11) is 0. The van der Waals surface area contributed by atoms with E-state index in [9.17, 15) is 9.59 Å². The average Bonchev–Trinajstić information content (AvgIpc) is 2.58. The molecular weight excluding hydrogens is 349 g/mol. The highest BCUT2D eigenvalue weighted by atomic mass is 127. The van der Waals surface area contributed by atoms with Crippen LogP contribution in [0, 0.1) is 10.5 Å². The Labute approximate surface area is 119 Å². The van der Waals surface area contributed by atoms with Crippen molar-refractivity contribution in [2.24, 2.45) is 0 Å². The van der Waals surface area contributed by atoms with Crippen molar-refractivity contribution in [2.45, 2.75) is 27.2 Å². The Morgan fingerprint density at radius 3 is 2.39 bits per heavy atom. The van der Waals surface area contributed by atoms with Gasteiger partial charge in [0.1, 0.15) is 5.69 Å². The molecule has 5 nitrogen and oxygen atoms in total. The number of hydrogen-bond acceptors (Lipinski definition) is 4. The highest BCUT2D eigenvalue weighted by Crippen LogP contribution is 2.22. The second-order valence-electron chi connectivity index (χ2n) is 3.62. The average molecular weight is 365 g/mol. The standard InChI is InChI=1S/C12H16INO4/c1-4-17-9(15)6-8-7(3)14-11(10(8)13)12(16)18-5-2/h14H,4-6H2,1-3H3. The molecule has 0 fully saturated rings. The van der Waals surface area contributed by atoms with Gasteiger partial charge in [-0.25, -0.2) is 4.79 Å². The fourth-order valence-corrected chi connectivity index (χ4v) is 2.49. The minimum Gasteiger partial charge on any atom is -0.466 e.